The summed E-state index contributed by atoms with van der Waals surface area (Å²) in [4.78, 5) is 11.6. The molecule has 0 fully saturated rings. The summed E-state index contributed by atoms with van der Waals surface area (Å²) in [6, 6.07) is 12.7. The molecule has 0 aliphatic rings. The highest BCUT2D eigenvalue weighted by Crippen LogP contribution is 2.35. The van der Waals surface area contributed by atoms with E-state index in [-0.39, 0.29) is 23.1 Å². The number of carbonyl (C=O) groups is 1. The van der Waals surface area contributed by atoms with Crippen LogP contribution >= 0.6 is 11.6 Å². The molecule has 0 aliphatic heterocycles. The van der Waals surface area contributed by atoms with Gasteiger partial charge in [-0.2, -0.15) is 0 Å². The van der Waals surface area contributed by atoms with Crippen LogP contribution in [0.25, 0.3) is 6.08 Å². The quantitative estimate of drug-likeness (QED) is 0.829. The Morgan fingerprint density at radius 2 is 2.04 bits per heavy atom. The van der Waals surface area contributed by atoms with Crippen molar-refractivity contribution in [2.75, 3.05) is 13.7 Å². The zero-order valence-corrected chi connectivity index (χ0v) is 13.9. The molecule has 0 unspecified atom stereocenters. The molecule has 0 heterocycles. The summed E-state index contributed by atoms with van der Waals surface area (Å²) in [5.74, 6) is 0.191. The molecule has 5 nitrogen and oxygen atoms in total. The first-order valence-electron chi connectivity index (χ1n) is 7.27. The molecular weight excluding hydrogens is 330 g/mol. The van der Waals surface area contributed by atoms with Crippen LogP contribution in [0.4, 0.5) is 4.79 Å². The number of ether oxygens (including phenoxy) is 2. The van der Waals surface area contributed by atoms with E-state index >= 15 is 0 Å². The minimum Gasteiger partial charge on any atom is -0.503 e. The highest BCUT2D eigenvalue weighted by atomic mass is 35.5. The summed E-state index contributed by atoms with van der Waals surface area (Å²) >= 11 is 5.91. The number of aromatic hydroxyl groups is 1. The molecule has 0 aromatic heterocycles. The van der Waals surface area contributed by atoms with Crippen LogP contribution < -0.4 is 10.1 Å². The SMILES string of the molecule is COc1cc(C=CCNC(=O)OCc2ccccc2)cc(Cl)c1O. The first kappa shape index (κ1) is 17.7. The number of nitrogens with one attached hydrogen (secondary N) is 1. The summed E-state index contributed by atoms with van der Waals surface area (Å²) in [5.41, 5.74) is 1.67. The summed E-state index contributed by atoms with van der Waals surface area (Å²) in [6.45, 7) is 0.523. The Morgan fingerprint density at radius 1 is 1.29 bits per heavy atom. The summed E-state index contributed by atoms with van der Waals surface area (Å²) in [5, 5.41) is 12.5. The van der Waals surface area contributed by atoms with Gasteiger partial charge in [-0.1, -0.05) is 54.1 Å². The minimum absolute atomic E-state index is 0.0982. The molecule has 0 saturated carbocycles. The smallest absolute Gasteiger partial charge is 0.407 e. The summed E-state index contributed by atoms with van der Waals surface area (Å²) < 4.78 is 10.1. The number of carbonyl (C=O) groups excluding carboxylic acids is 1. The highest BCUT2D eigenvalue weighted by molar-refractivity contribution is 6.32. The van der Waals surface area contributed by atoms with Gasteiger partial charge in [0.25, 0.3) is 0 Å². The number of methoxy groups -OCH3 is 1. The number of phenols is 1. The lowest BCUT2D eigenvalue weighted by Gasteiger charge is -2.07. The van der Waals surface area contributed by atoms with Crippen molar-refractivity contribution in [3.8, 4) is 11.5 Å². The van der Waals surface area contributed by atoms with E-state index in [0.717, 1.165) is 11.1 Å². The molecular formula is C18H18ClNO4. The second-order valence-electron chi connectivity index (χ2n) is 4.90. The molecule has 0 atom stereocenters. The minimum atomic E-state index is -0.496. The van der Waals surface area contributed by atoms with Crippen molar-refractivity contribution in [3.63, 3.8) is 0 Å². The maximum atomic E-state index is 11.6. The molecule has 2 rings (SSSR count). The average Bonchev–Trinajstić information content (AvgIpc) is 2.60. The Morgan fingerprint density at radius 3 is 2.75 bits per heavy atom. The lowest BCUT2D eigenvalue weighted by Crippen LogP contribution is -2.24. The number of hydrogen-bond acceptors (Lipinski definition) is 4. The zero-order valence-electron chi connectivity index (χ0n) is 13.2. The van der Waals surface area contributed by atoms with Gasteiger partial charge in [0.1, 0.15) is 6.61 Å². The van der Waals surface area contributed by atoms with Gasteiger partial charge >= 0.3 is 6.09 Å². The van der Waals surface area contributed by atoms with Gasteiger partial charge < -0.3 is 19.9 Å². The number of halogens is 1. The molecule has 0 spiro atoms. The monoisotopic (exact) mass is 347 g/mol. The van der Waals surface area contributed by atoms with Crippen LogP contribution in [0.2, 0.25) is 5.02 Å². The second-order valence-corrected chi connectivity index (χ2v) is 5.31. The Kier molecular flexibility index (Phi) is 6.51. The highest BCUT2D eigenvalue weighted by Gasteiger charge is 2.07. The number of rotatable bonds is 6. The van der Waals surface area contributed by atoms with E-state index in [4.69, 9.17) is 21.1 Å². The van der Waals surface area contributed by atoms with E-state index in [1.165, 1.54) is 7.11 Å². The largest absolute Gasteiger partial charge is 0.503 e. The summed E-state index contributed by atoms with van der Waals surface area (Å²) in [7, 11) is 1.45. The van der Waals surface area contributed by atoms with Crippen molar-refractivity contribution in [1.82, 2.24) is 5.32 Å². The Hall–Kier alpha value is -2.66. The normalized spacial score (nSPS) is 10.6. The molecule has 0 saturated heterocycles. The molecule has 126 valence electrons. The number of hydrogen-bond donors (Lipinski definition) is 2. The molecule has 0 aliphatic carbocycles. The lowest BCUT2D eigenvalue weighted by molar-refractivity contribution is 0.141. The zero-order chi connectivity index (χ0) is 17.4. The first-order valence-corrected chi connectivity index (χ1v) is 7.65. The van der Waals surface area contributed by atoms with Crippen molar-refractivity contribution < 1.29 is 19.4 Å². The van der Waals surface area contributed by atoms with Crippen LogP contribution in [0.1, 0.15) is 11.1 Å². The topological polar surface area (TPSA) is 67.8 Å². The van der Waals surface area contributed by atoms with Crippen molar-refractivity contribution in [2.45, 2.75) is 6.61 Å². The van der Waals surface area contributed by atoms with Crippen molar-refractivity contribution in [1.29, 1.82) is 0 Å². The molecule has 24 heavy (non-hydrogen) atoms. The third-order valence-electron chi connectivity index (χ3n) is 3.16. The Labute approximate surface area is 145 Å². The van der Waals surface area contributed by atoms with Crippen LogP contribution in [0.15, 0.2) is 48.5 Å². The lowest BCUT2D eigenvalue weighted by atomic mass is 10.2. The maximum absolute atomic E-state index is 11.6. The van der Waals surface area contributed by atoms with E-state index in [9.17, 15) is 9.90 Å². The Bertz CT molecular complexity index is 716. The fourth-order valence-corrected chi connectivity index (χ4v) is 2.18. The molecule has 1 amide bonds. The van der Waals surface area contributed by atoms with Crippen LogP contribution in [-0.4, -0.2) is 24.9 Å². The fourth-order valence-electron chi connectivity index (χ4n) is 1.96. The van der Waals surface area contributed by atoms with Crippen LogP contribution in [0, 0.1) is 0 Å². The number of benzene rings is 2. The molecule has 2 N–H and O–H groups in total. The van der Waals surface area contributed by atoms with Crippen molar-refractivity contribution >= 4 is 23.8 Å². The van der Waals surface area contributed by atoms with Crippen LogP contribution in [0.5, 0.6) is 11.5 Å². The number of alkyl carbamates (subject to hydrolysis) is 1. The number of amides is 1. The molecule has 2 aromatic carbocycles. The standard InChI is InChI=1S/C18H18ClNO4/c1-23-16-11-14(10-15(19)17(16)21)8-5-9-20-18(22)24-12-13-6-3-2-4-7-13/h2-8,10-11,21H,9,12H2,1H3,(H,20,22). The van der Waals surface area contributed by atoms with E-state index in [0.29, 0.717) is 6.54 Å². The molecule has 6 heteroatoms. The van der Waals surface area contributed by atoms with Gasteiger partial charge in [-0.15, -0.1) is 0 Å². The average molecular weight is 348 g/mol. The Balaban J connectivity index is 1.80. The second kappa shape index (κ2) is 8.84. The van der Waals surface area contributed by atoms with Crippen molar-refractivity contribution in [2.24, 2.45) is 0 Å². The maximum Gasteiger partial charge on any atom is 0.407 e. The van der Waals surface area contributed by atoms with Gasteiger partial charge in [0.15, 0.2) is 11.5 Å². The van der Waals surface area contributed by atoms with E-state index < -0.39 is 6.09 Å². The number of phenolic OH excluding ortho intramolecular Hbond substituents is 1. The van der Waals surface area contributed by atoms with Crippen molar-refractivity contribution in [3.05, 3.63) is 64.7 Å². The van der Waals surface area contributed by atoms with E-state index in [2.05, 4.69) is 5.32 Å². The van der Waals surface area contributed by atoms with Gasteiger partial charge in [-0.3, -0.25) is 0 Å². The van der Waals surface area contributed by atoms with Gasteiger partial charge in [-0.25, -0.2) is 4.79 Å². The van der Waals surface area contributed by atoms with Gasteiger partial charge in [-0.05, 0) is 23.3 Å². The molecule has 2 aromatic rings. The third kappa shape index (κ3) is 5.21. The summed E-state index contributed by atoms with van der Waals surface area (Å²) in [6.07, 6.45) is 3.00. The van der Waals surface area contributed by atoms with Gasteiger partial charge in [0, 0.05) is 6.54 Å². The predicted octanol–water partition coefficient (Wildman–Crippen LogP) is 3.99. The van der Waals surface area contributed by atoms with Crippen LogP contribution in [-0.2, 0) is 11.3 Å². The third-order valence-corrected chi connectivity index (χ3v) is 3.45. The predicted molar refractivity (Wildman–Crippen MR) is 93.3 cm³/mol. The van der Waals surface area contributed by atoms with Crippen LogP contribution in [0.3, 0.4) is 0 Å². The van der Waals surface area contributed by atoms with Gasteiger partial charge in [0.05, 0.1) is 12.1 Å². The fraction of sp³-hybridized carbons (Fsp3) is 0.167. The molecule has 0 radical (unpaired) electrons. The van der Waals surface area contributed by atoms with Gasteiger partial charge in [0.2, 0.25) is 0 Å². The molecule has 0 bridgehead atoms. The van der Waals surface area contributed by atoms with E-state index in [1.807, 2.05) is 30.3 Å². The van der Waals surface area contributed by atoms with E-state index in [1.54, 1.807) is 24.3 Å². The first-order chi connectivity index (χ1) is 11.6.